The summed E-state index contributed by atoms with van der Waals surface area (Å²) in [6.07, 6.45) is 2.68. The molecule has 9 heteroatoms. The van der Waals surface area contributed by atoms with Crippen LogP contribution in [0.4, 0.5) is 10.3 Å². The number of nitrogens with one attached hydrogen (secondary N) is 1. The minimum absolute atomic E-state index is 0.111. The van der Waals surface area contributed by atoms with Gasteiger partial charge in [-0.2, -0.15) is 9.37 Å². The highest BCUT2D eigenvalue weighted by molar-refractivity contribution is 5.30. The van der Waals surface area contributed by atoms with Crippen LogP contribution in [0.3, 0.4) is 0 Å². The summed E-state index contributed by atoms with van der Waals surface area (Å²) in [5.74, 6) is 0.237. The van der Waals surface area contributed by atoms with E-state index in [1.165, 1.54) is 7.11 Å². The first-order chi connectivity index (χ1) is 10.2. The molecular weight excluding hydrogens is 279 g/mol. The van der Waals surface area contributed by atoms with Gasteiger partial charge in [-0.3, -0.25) is 0 Å². The molecule has 0 radical (unpaired) electrons. The number of ether oxygens (including phenoxy) is 2. The number of anilines is 1. The molecule has 8 nitrogen and oxygen atoms in total. The van der Waals surface area contributed by atoms with E-state index in [-0.39, 0.29) is 17.9 Å². The number of hydrogen-bond acceptors (Lipinski definition) is 7. The van der Waals surface area contributed by atoms with E-state index in [9.17, 15) is 4.39 Å². The molecule has 0 bridgehead atoms. The Morgan fingerprint density at radius 1 is 1.43 bits per heavy atom. The van der Waals surface area contributed by atoms with E-state index in [1.54, 1.807) is 13.4 Å². The maximum atomic E-state index is 13.3. The predicted molar refractivity (Wildman–Crippen MR) is 72.5 cm³/mol. The quantitative estimate of drug-likeness (QED) is 0.816. The van der Waals surface area contributed by atoms with E-state index in [0.29, 0.717) is 19.0 Å². The largest absolute Gasteiger partial charge is 0.479 e. The van der Waals surface area contributed by atoms with Crippen molar-refractivity contribution in [2.45, 2.75) is 19.5 Å². The maximum absolute atomic E-state index is 13.3. The molecule has 0 aliphatic heterocycles. The summed E-state index contributed by atoms with van der Waals surface area (Å²) in [6, 6.07) is -0.209. The van der Waals surface area contributed by atoms with E-state index in [4.69, 9.17) is 9.47 Å². The van der Waals surface area contributed by atoms with Crippen LogP contribution in [0.15, 0.2) is 12.5 Å². The fourth-order valence-corrected chi connectivity index (χ4v) is 1.78. The van der Waals surface area contributed by atoms with E-state index in [2.05, 4.69) is 25.5 Å². The summed E-state index contributed by atoms with van der Waals surface area (Å²) in [4.78, 5) is 7.80. The molecule has 0 aliphatic rings. The normalized spacial score (nSPS) is 12.2. The Labute approximate surface area is 121 Å². The Kier molecular flexibility index (Phi) is 4.99. The molecule has 0 amide bonds. The third kappa shape index (κ3) is 3.63. The van der Waals surface area contributed by atoms with Crippen LogP contribution in [-0.2, 0) is 11.3 Å². The Balaban J connectivity index is 2.10. The zero-order valence-corrected chi connectivity index (χ0v) is 12.1. The van der Waals surface area contributed by atoms with Gasteiger partial charge < -0.3 is 19.4 Å². The van der Waals surface area contributed by atoms with Gasteiger partial charge in [-0.15, -0.1) is 10.2 Å². The molecule has 0 aromatic carbocycles. The minimum Gasteiger partial charge on any atom is -0.479 e. The van der Waals surface area contributed by atoms with E-state index in [1.807, 2.05) is 11.5 Å². The van der Waals surface area contributed by atoms with Crippen LogP contribution in [0.25, 0.3) is 0 Å². The van der Waals surface area contributed by atoms with Crippen molar-refractivity contribution >= 4 is 5.95 Å². The molecule has 2 aromatic heterocycles. The molecule has 114 valence electrons. The number of hydrogen-bond donors (Lipinski definition) is 1. The molecule has 2 heterocycles. The van der Waals surface area contributed by atoms with Crippen molar-refractivity contribution < 1.29 is 13.9 Å². The van der Waals surface area contributed by atoms with Crippen molar-refractivity contribution in [3.8, 4) is 5.88 Å². The molecule has 0 aliphatic carbocycles. The fourth-order valence-electron chi connectivity index (χ4n) is 1.78. The van der Waals surface area contributed by atoms with Crippen molar-refractivity contribution in [1.29, 1.82) is 0 Å². The van der Waals surface area contributed by atoms with Gasteiger partial charge in [-0.25, -0.2) is 4.98 Å². The van der Waals surface area contributed by atoms with Gasteiger partial charge in [0.05, 0.1) is 26.0 Å². The van der Waals surface area contributed by atoms with Crippen LogP contribution in [0.1, 0.15) is 18.8 Å². The lowest BCUT2D eigenvalue weighted by Gasteiger charge is -2.14. The first kappa shape index (κ1) is 15.1. The van der Waals surface area contributed by atoms with Crippen LogP contribution >= 0.6 is 0 Å². The second-order valence-electron chi connectivity index (χ2n) is 4.29. The zero-order valence-electron chi connectivity index (χ0n) is 12.1. The molecule has 0 spiro atoms. The molecule has 21 heavy (non-hydrogen) atoms. The number of nitrogens with zero attached hydrogens (tertiary/aromatic N) is 5. The van der Waals surface area contributed by atoms with Gasteiger partial charge in [0.15, 0.2) is 5.82 Å². The molecule has 1 unspecified atom stereocenters. The van der Waals surface area contributed by atoms with Crippen molar-refractivity contribution in [1.82, 2.24) is 24.7 Å². The highest BCUT2D eigenvalue weighted by atomic mass is 19.1. The Bertz CT molecular complexity index is 591. The van der Waals surface area contributed by atoms with Gasteiger partial charge in [0.25, 0.3) is 5.88 Å². The average Bonchev–Trinajstić information content (AvgIpc) is 2.95. The third-order valence-electron chi connectivity index (χ3n) is 2.82. The highest BCUT2D eigenvalue weighted by Crippen LogP contribution is 2.18. The standard InChI is InChI=1S/C12H17FN6O2/c1-8(10-18-15-7-19(10)4-5-20-2)16-12-14-6-9(13)11(17-12)21-3/h6-8H,4-5H2,1-3H3,(H,14,16,17). The molecular formula is C12H17FN6O2. The molecule has 1 N–H and O–H groups in total. The molecule has 1 atom stereocenters. The predicted octanol–water partition coefficient (Wildman–Crippen LogP) is 1.04. The first-order valence-electron chi connectivity index (χ1n) is 6.35. The van der Waals surface area contributed by atoms with E-state index < -0.39 is 5.82 Å². The van der Waals surface area contributed by atoms with Gasteiger partial charge in [0.2, 0.25) is 11.8 Å². The molecule has 0 saturated carbocycles. The van der Waals surface area contributed by atoms with E-state index in [0.717, 1.165) is 6.20 Å². The summed E-state index contributed by atoms with van der Waals surface area (Å²) < 4.78 is 25.0. The van der Waals surface area contributed by atoms with Crippen LogP contribution in [0.2, 0.25) is 0 Å². The Morgan fingerprint density at radius 2 is 2.24 bits per heavy atom. The molecule has 0 saturated heterocycles. The molecule has 2 aromatic rings. The fraction of sp³-hybridized carbons (Fsp3) is 0.500. The number of aromatic nitrogens is 5. The van der Waals surface area contributed by atoms with Gasteiger partial charge in [-0.05, 0) is 6.92 Å². The smallest absolute Gasteiger partial charge is 0.255 e. The van der Waals surface area contributed by atoms with Crippen LogP contribution in [0.5, 0.6) is 5.88 Å². The van der Waals surface area contributed by atoms with Crippen LogP contribution in [-0.4, -0.2) is 45.6 Å². The number of methoxy groups -OCH3 is 2. The topological polar surface area (TPSA) is 87.0 Å². The zero-order chi connectivity index (χ0) is 15.2. The first-order valence-corrected chi connectivity index (χ1v) is 6.35. The second-order valence-corrected chi connectivity index (χ2v) is 4.29. The lowest BCUT2D eigenvalue weighted by atomic mass is 10.3. The summed E-state index contributed by atoms with van der Waals surface area (Å²) in [5, 5.41) is 11.0. The molecule has 0 fully saturated rings. The second kappa shape index (κ2) is 6.93. The summed E-state index contributed by atoms with van der Waals surface area (Å²) >= 11 is 0. The SMILES string of the molecule is COCCn1cnnc1C(C)Nc1ncc(F)c(OC)n1. The van der Waals surface area contributed by atoms with E-state index >= 15 is 0 Å². The van der Waals surface area contributed by atoms with Crippen molar-refractivity contribution in [2.75, 3.05) is 26.1 Å². The maximum Gasteiger partial charge on any atom is 0.255 e. The summed E-state index contributed by atoms with van der Waals surface area (Å²) in [6.45, 7) is 3.07. The average molecular weight is 296 g/mol. The van der Waals surface area contributed by atoms with Gasteiger partial charge >= 0.3 is 0 Å². The van der Waals surface area contributed by atoms with Crippen molar-refractivity contribution in [2.24, 2.45) is 0 Å². The van der Waals surface area contributed by atoms with Crippen molar-refractivity contribution in [3.63, 3.8) is 0 Å². The third-order valence-corrected chi connectivity index (χ3v) is 2.82. The van der Waals surface area contributed by atoms with Crippen LogP contribution < -0.4 is 10.1 Å². The van der Waals surface area contributed by atoms with Gasteiger partial charge in [0.1, 0.15) is 6.33 Å². The Morgan fingerprint density at radius 3 is 2.95 bits per heavy atom. The monoisotopic (exact) mass is 296 g/mol. The molecule has 2 rings (SSSR count). The highest BCUT2D eigenvalue weighted by Gasteiger charge is 2.15. The Hall–Kier alpha value is -2.29. The van der Waals surface area contributed by atoms with Gasteiger partial charge in [-0.1, -0.05) is 0 Å². The summed E-state index contributed by atoms with van der Waals surface area (Å²) in [5.41, 5.74) is 0. The lowest BCUT2D eigenvalue weighted by molar-refractivity contribution is 0.186. The van der Waals surface area contributed by atoms with Crippen LogP contribution in [0, 0.1) is 5.82 Å². The number of halogens is 1. The summed E-state index contributed by atoms with van der Waals surface area (Å²) in [7, 11) is 2.98. The number of rotatable bonds is 7. The minimum atomic E-state index is -0.612. The lowest BCUT2D eigenvalue weighted by Crippen LogP contribution is -2.17. The van der Waals surface area contributed by atoms with Crippen molar-refractivity contribution in [3.05, 3.63) is 24.2 Å². The van der Waals surface area contributed by atoms with Gasteiger partial charge in [0, 0.05) is 13.7 Å².